The number of anilines is 1. The predicted molar refractivity (Wildman–Crippen MR) is 106 cm³/mol. The van der Waals surface area contributed by atoms with Gasteiger partial charge in [0.2, 0.25) is 0 Å². The summed E-state index contributed by atoms with van der Waals surface area (Å²) in [7, 11) is 2.58. The average Bonchev–Trinajstić information content (AvgIpc) is 2.68. The van der Waals surface area contributed by atoms with Crippen LogP contribution in [0.25, 0.3) is 5.69 Å². The van der Waals surface area contributed by atoms with Crippen molar-refractivity contribution in [2.24, 2.45) is 14.1 Å². The highest BCUT2D eigenvalue weighted by atomic mass is 35.5. The maximum absolute atomic E-state index is 14.6. The van der Waals surface area contributed by atoms with Crippen molar-refractivity contribution < 1.29 is 18.0 Å². The first-order chi connectivity index (χ1) is 14.0. The summed E-state index contributed by atoms with van der Waals surface area (Å²) in [4.78, 5) is 37.6. The third-order valence-corrected chi connectivity index (χ3v) is 5.09. The topological polar surface area (TPSA) is 78.0 Å². The second-order valence-electron chi connectivity index (χ2n) is 6.16. The van der Waals surface area contributed by atoms with Crippen LogP contribution in [-0.2, 0) is 14.1 Å². The maximum atomic E-state index is 14.6. The van der Waals surface area contributed by atoms with Crippen LogP contribution >= 0.6 is 23.8 Å². The Morgan fingerprint density at radius 2 is 1.60 bits per heavy atom. The lowest BCUT2D eigenvalue weighted by atomic mass is 10.1. The van der Waals surface area contributed by atoms with E-state index in [0.717, 1.165) is 33.4 Å². The minimum atomic E-state index is -1.05. The number of amides is 1. The maximum Gasteiger partial charge on any atom is 0.338 e. The molecule has 30 heavy (non-hydrogen) atoms. The minimum absolute atomic E-state index is 0.0969. The average molecular weight is 457 g/mol. The predicted octanol–water partition coefficient (Wildman–Crippen LogP) is 2.93. The molecule has 0 fully saturated rings. The molecule has 0 atom stereocenters. The summed E-state index contributed by atoms with van der Waals surface area (Å²) in [6, 6.07) is 4.09. The molecule has 0 aliphatic heterocycles. The second-order valence-corrected chi connectivity index (χ2v) is 6.94. The van der Waals surface area contributed by atoms with E-state index >= 15 is 0 Å². The van der Waals surface area contributed by atoms with Crippen molar-refractivity contribution in [2.45, 2.75) is 0 Å². The van der Waals surface area contributed by atoms with Gasteiger partial charge >= 0.3 is 11.4 Å². The fourth-order valence-corrected chi connectivity index (χ4v) is 3.03. The Labute approximate surface area is 176 Å². The molecule has 0 spiro atoms. The SMILES string of the molecule is Cn1c(=S)n(C)c(=O)n(-c2cc(C(=O)Nc3ccc(F)cc3F)c(Cl)cc2F)c1=O. The Bertz CT molecular complexity index is 1340. The van der Waals surface area contributed by atoms with Crippen molar-refractivity contribution in [3.05, 3.63) is 84.1 Å². The van der Waals surface area contributed by atoms with Gasteiger partial charge in [-0.2, -0.15) is 0 Å². The Morgan fingerprint density at radius 1 is 1.00 bits per heavy atom. The van der Waals surface area contributed by atoms with Crippen LogP contribution in [0.4, 0.5) is 18.9 Å². The quantitative estimate of drug-likeness (QED) is 0.615. The van der Waals surface area contributed by atoms with E-state index in [1.54, 1.807) is 0 Å². The number of hydrogen-bond acceptors (Lipinski definition) is 4. The summed E-state index contributed by atoms with van der Waals surface area (Å²) in [5, 5.41) is 1.82. The van der Waals surface area contributed by atoms with Gasteiger partial charge in [-0.25, -0.2) is 27.3 Å². The lowest BCUT2D eigenvalue weighted by Gasteiger charge is -2.13. The van der Waals surface area contributed by atoms with Crippen molar-refractivity contribution in [3.8, 4) is 5.69 Å². The number of hydrogen-bond donors (Lipinski definition) is 1. The van der Waals surface area contributed by atoms with Gasteiger partial charge in [-0.3, -0.25) is 13.9 Å². The zero-order valence-corrected chi connectivity index (χ0v) is 16.9. The second kappa shape index (κ2) is 7.92. The summed E-state index contributed by atoms with van der Waals surface area (Å²) < 4.78 is 43.7. The normalized spacial score (nSPS) is 10.9. The molecular formula is C18H12ClF3N4O3S. The van der Waals surface area contributed by atoms with Crippen LogP contribution in [0.3, 0.4) is 0 Å². The molecule has 1 aromatic heterocycles. The van der Waals surface area contributed by atoms with Gasteiger partial charge in [0.15, 0.2) is 4.77 Å². The van der Waals surface area contributed by atoms with E-state index in [1.807, 2.05) is 0 Å². The Kier molecular flexibility index (Phi) is 5.68. The van der Waals surface area contributed by atoms with Gasteiger partial charge in [-0.1, -0.05) is 11.6 Å². The van der Waals surface area contributed by atoms with Gasteiger partial charge in [0.25, 0.3) is 5.91 Å². The minimum Gasteiger partial charge on any atom is -0.319 e. The molecule has 2 aromatic carbocycles. The van der Waals surface area contributed by atoms with Crippen LogP contribution in [0.15, 0.2) is 39.9 Å². The molecule has 3 rings (SSSR count). The molecule has 156 valence electrons. The van der Waals surface area contributed by atoms with Crippen molar-refractivity contribution in [3.63, 3.8) is 0 Å². The molecule has 0 saturated carbocycles. The van der Waals surface area contributed by atoms with E-state index in [0.29, 0.717) is 10.6 Å². The number of rotatable bonds is 3. The van der Waals surface area contributed by atoms with E-state index in [9.17, 15) is 27.6 Å². The van der Waals surface area contributed by atoms with Crippen LogP contribution < -0.4 is 16.7 Å². The molecule has 0 aliphatic carbocycles. The lowest BCUT2D eigenvalue weighted by Crippen LogP contribution is -2.44. The first kappa shape index (κ1) is 21.5. The standard InChI is InChI=1S/C18H12ClF3N4O3S/c1-24-16(28)26(17(29)25(2)18(24)30)14-6-9(10(19)7-12(14)22)15(27)23-13-4-3-8(20)5-11(13)21/h3-7H,1-2H3,(H,23,27). The molecular weight excluding hydrogens is 445 g/mol. The molecule has 1 amide bonds. The largest absolute Gasteiger partial charge is 0.338 e. The van der Waals surface area contributed by atoms with Gasteiger partial charge in [0, 0.05) is 20.2 Å². The zero-order chi connectivity index (χ0) is 22.3. The fourth-order valence-electron chi connectivity index (χ4n) is 2.64. The number of benzene rings is 2. The Balaban J connectivity index is 2.17. The van der Waals surface area contributed by atoms with Crippen LogP contribution in [0, 0.1) is 22.2 Å². The first-order valence-electron chi connectivity index (χ1n) is 8.17. The molecule has 0 saturated heterocycles. The summed E-state index contributed by atoms with van der Waals surface area (Å²) >= 11 is 10.9. The molecule has 7 nitrogen and oxygen atoms in total. The number of aromatic nitrogens is 3. The number of carbonyl (C=O) groups excluding carboxylic acids is 1. The van der Waals surface area contributed by atoms with Gasteiger partial charge in [-0.15, -0.1) is 0 Å². The molecule has 0 radical (unpaired) electrons. The smallest absolute Gasteiger partial charge is 0.319 e. The van der Waals surface area contributed by atoms with E-state index in [2.05, 4.69) is 5.32 Å². The van der Waals surface area contributed by atoms with E-state index in [-0.39, 0.29) is 21.0 Å². The highest BCUT2D eigenvalue weighted by Crippen LogP contribution is 2.24. The van der Waals surface area contributed by atoms with Gasteiger partial charge in [-0.05, 0) is 36.5 Å². The molecule has 0 unspecified atom stereocenters. The monoisotopic (exact) mass is 456 g/mol. The summed E-state index contributed by atoms with van der Waals surface area (Å²) in [6.07, 6.45) is 0. The molecule has 3 aromatic rings. The van der Waals surface area contributed by atoms with Crippen LogP contribution in [0.1, 0.15) is 10.4 Å². The van der Waals surface area contributed by atoms with Crippen LogP contribution in [-0.4, -0.2) is 19.6 Å². The Hall–Kier alpha value is -3.18. The van der Waals surface area contributed by atoms with E-state index < -0.39 is 40.4 Å². The number of nitrogens with zero attached hydrogens (tertiary/aromatic N) is 3. The van der Waals surface area contributed by atoms with E-state index in [1.165, 1.54) is 14.1 Å². The zero-order valence-electron chi connectivity index (χ0n) is 15.4. The first-order valence-corrected chi connectivity index (χ1v) is 8.96. The highest BCUT2D eigenvalue weighted by Gasteiger charge is 2.20. The van der Waals surface area contributed by atoms with Crippen LogP contribution in [0.2, 0.25) is 5.02 Å². The Morgan fingerprint density at radius 3 is 2.17 bits per heavy atom. The van der Waals surface area contributed by atoms with E-state index in [4.69, 9.17) is 23.8 Å². The fraction of sp³-hybridized carbons (Fsp3) is 0.111. The highest BCUT2D eigenvalue weighted by molar-refractivity contribution is 7.71. The molecule has 12 heteroatoms. The molecule has 0 aliphatic rings. The van der Waals surface area contributed by atoms with Crippen LogP contribution in [0.5, 0.6) is 0 Å². The molecule has 0 bridgehead atoms. The van der Waals surface area contributed by atoms with Crippen molar-refractivity contribution in [1.82, 2.24) is 13.7 Å². The van der Waals surface area contributed by atoms with Gasteiger partial charge in [0.1, 0.15) is 17.5 Å². The number of halogens is 4. The molecule has 1 heterocycles. The number of carbonyl (C=O) groups is 1. The number of nitrogens with one attached hydrogen (secondary N) is 1. The van der Waals surface area contributed by atoms with Gasteiger partial charge < -0.3 is 5.32 Å². The van der Waals surface area contributed by atoms with Crippen molar-refractivity contribution >= 4 is 35.4 Å². The summed E-state index contributed by atoms with van der Waals surface area (Å²) in [5.74, 6) is -3.91. The van der Waals surface area contributed by atoms with Crippen molar-refractivity contribution in [1.29, 1.82) is 0 Å². The third-order valence-electron chi connectivity index (χ3n) is 4.23. The molecule has 1 N–H and O–H groups in total. The summed E-state index contributed by atoms with van der Waals surface area (Å²) in [6.45, 7) is 0. The van der Waals surface area contributed by atoms with Gasteiger partial charge in [0.05, 0.1) is 22.0 Å². The van der Waals surface area contributed by atoms with Crippen molar-refractivity contribution in [2.75, 3.05) is 5.32 Å². The summed E-state index contributed by atoms with van der Waals surface area (Å²) in [5.41, 5.74) is -3.14. The third kappa shape index (κ3) is 3.68. The lowest BCUT2D eigenvalue weighted by molar-refractivity contribution is 0.102.